The van der Waals surface area contributed by atoms with Crippen LogP contribution in [0.1, 0.15) is 16.1 Å². The van der Waals surface area contributed by atoms with E-state index in [4.69, 9.17) is 5.73 Å². The third-order valence-electron chi connectivity index (χ3n) is 2.55. The summed E-state index contributed by atoms with van der Waals surface area (Å²) in [5.74, 6) is -0.733. The Hall–Kier alpha value is -1.61. The second-order valence-corrected chi connectivity index (χ2v) is 5.80. The predicted molar refractivity (Wildman–Crippen MR) is 76.0 cm³/mol. The zero-order valence-electron chi connectivity index (χ0n) is 10.5. The Bertz CT molecular complexity index is 700. The number of nitrogens with two attached hydrogens (primary N) is 1. The standard InChI is InChI=1S/C12H8BrF3N2O2S/c1-20-11(19)8-9(17)21-10(18-8)5-2-3-7(13)6(4-5)12(14,15)16/h2-4H,17H2,1H3. The van der Waals surface area contributed by atoms with E-state index in [1.165, 1.54) is 19.2 Å². The summed E-state index contributed by atoms with van der Waals surface area (Å²) in [6, 6.07) is 3.68. The summed E-state index contributed by atoms with van der Waals surface area (Å²) in [5, 5.41) is 0.305. The minimum absolute atomic E-state index is 0.0727. The lowest BCUT2D eigenvalue weighted by Gasteiger charge is -2.10. The molecule has 0 amide bonds. The van der Waals surface area contributed by atoms with Gasteiger partial charge in [0.2, 0.25) is 0 Å². The first kappa shape index (κ1) is 15.8. The van der Waals surface area contributed by atoms with Crippen molar-refractivity contribution in [3.05, 3.63) is 33.9 Å². The van der Waals surface area contributed by atoms with Crippen LogP contribution in [-0.2, 0) is 10.9 Å². The first-order valence-electron chi connectivity index (χ1n) is 5.45. The van der Waals surface area contributed by atoms with Gasteiger partial charge >= 0.3 is 12.1 Å². The number of nitrogen functional groups attached to an aromatic ring is 1. The monoisotopic (exact) mass is 380 g/mol. The lowest BCUT2D eigenvalue weighted by Crippen LogP contribution is -2.06. The minimum atomic E-state index is -4.50. The molecule has 0 atom stereocenters. The van der Waals surface area contributed by atoms with Crippen molar-refractivity contribution in [3.8, 4) is 10.6 Å². The van der Waals surface area contributed by atoms with Gasteiger partial charge in [0, 0.05) is 10.0 Å². The molecular weight excluding hydrogens is 373 g/mol. The van der Waals surface area contributed by atoms with Crippen LogP contribution in [0.15, 0.2) is 22.7 Å². The van der Waals surface area contributed by atoms with Crippen molar-refractivity contribution in [3.63, 3.8) is 0 Å². The molecule has 0 aliphatic rings. The molecule has 1 heterocycles. The van der Waals surface area contributed by atoms with E-state index in [2.05, 4.69) is 25.7 Å². The first-order chi connectivity index (χ1) is 9.74. The second-order valence-electron chi connectivity index (χ2n) is 3.92. The number of anilines is 1. The van der Waals surface area contributed by atoms with Gasteiger partial charge in [-0.15, -0.1) is 0 Å². The van der Waals surface area contributed by atoms with Crippen LogP contribution in [0, 0.1) is 0 Å². The molecule has 0 saturated carbocycles. The van der Waals surface area contributed by atoms with Crippen LogP contribution in [0.2, 0.25) is 0 Å². The molecule has 21 heavy (non-hydrogen) atoms. The molecule has 0 unspecified atom stereocenters. The smallest absolute Gasteiger partial charge is 0.417 e. The van der Waals surface area contributed by atoms with Gasteiger partial charge in [0.25, 0.3) is 0 Å². The van der Waals surface area contributed by atoms with Gasteiger partial charge in [-0.2, -0.15) is 13.2 Å². The Morgan fingerprint density at radius 1 is 1.43 bits per heavy atom. The molecule has 0 spiro atoms. The molecule has 2 N–H and O–H groups in total. The maximum Gasteiger partial charge on any atom is 0.417 e. The lowest BCUT2D eigenvalue weighted by atomic mass is 10.1. The van der Waals surface area contributed by atoms with Gasteiger partial charge in [-0.25, -0.2) is 9.78 Å². The minimum Gasteiger partial charge on any atom is -0.464 e. The number of ether oxygens (including phenoxy) is 1. The number of aromatic nitrogens is 1. The Morgan fingerprint density at radius 3 is 2.67 bits per heavy atom. The number of benzene rings is 1. The van der Waals surface area contributed by atoms with Crippen LogP contribution in [0.5, 0.6) is 0 Å². The third kappa shape index (κ3) is 3.18. The normalized spacial score (nSPS) is 11.5. The molecule has 0 saturated heterocycles. The molecular formula is C12H8BrF3N2O2S. The zero-order valence-corrected chi connectivity index (χ0v) is 12.9. The molecule has 1 aromatic carbocycles. The van der Waals surface area contributed by atoms with Gasteiger partial charge in [-0.3, -0.25) is 0 Å². The van der Waals surface area contributed by atoms with Crippen molar-refractivity contribution in [1.29, 1.82) is 0 Å². The van der Waals surface area contributed by atoms with Crippen LogP contribution in [0.25, 0.3) is 10.6 Å². The molecule has 0 aliphatic carbocycles. The third-order valence-corrected chi connectivity index (χ3v) is 4.18. The summed E-state index contributed by atoms with van der Waals surface area (Å²) in [6.07, 6.45) is -4.50. The van der Waals surface area contributed by atoms with Crippen LogP contribution in [-0.4, -0.2) is 18.1 Å². The van der Waals surface area contributed by atoms with Crippen molar-refractivity contribution in [2.24, 2.45) is 0 Å². The highest BCUT2D eigenvalue weighted by Gasteiger charge is 2.33. The van der Waals surface area contributed by atoms with Gasteiger partial charge in [0.05, 0.1) is 12.7 Å². The van der Waals surface area contributed by atoms with E-state index >= 15 is 0 Å². The average Bonchev–Trinajstić information content (AvgIpc) is 2.79. The fourth-order valence-electron chi connectivity index (χ4n) is 1.57. The molecule has 0 fully saturated rings. The van der Waals surface area contributed by atoms with Crippen LogP contribution in [0.4, 0.5) is 18.2 Å². The number of rotatable bonds is 2. The molecule has 0 aliphatic heterocycles. The van der Waals surface area contributed by atoms with E-state index in [-0.39, 0.29) is 25.7 Å². The second kappa shape index (κ2) is 5.64. The molecule has 9 heteroatoms. The van der Waals surface area contributed by atoms with E-state index in [0.717, 1.165) is 17.4 Å². The number of halogens is 4. The lowest BCUT2D eigenvalue weighted by molar-refractivity contribution is -0.138. The fourth-order valence-corrected chi connectivity index (χ4v) is 2.86. The van der Waals surface area contributed by atoms with Crippen molar-refractivity contribution in [2.75, 3.05) is 12.8 Å². The van der Waals surface area contributed by atoms with E-state index in [9.17, 15) is 18.0 Å². The van der Waals surface area contributed by atoms with Crippen molar-refractivity contribution < 1.29 is 22.7 Å². The summed E-state index contributed by atoms with van der Waals surface area (Å²) in [6.45, 7) is 0. The number of thiazole rings is 1. The fraction of sp³-hybridized carbons (Fsp3) is 0.167. The Balaban J connectivity index is 2.51. The van der Waals surface area contributed by atoms with Gasteiger partial charge in [-0.05, 0) is 12.1 Å². The average molecular weight is 381 g/mol. The van der Waals surface area contributed by atoms with Crippen LogP contribution in [0.3, 0.4) is 0 Å². The first-order valence-corrected chi connectivity index (χ1v) is 7.06. The van der Waals surface area contributed by atoms with Crippen molar-refractivity contribution in [1.82, 2.24) is 4.98 Å². The number of hydrogen-bond acceptors (Lipinski definition) is 5. The van der Waals surface area contributed by atoms with Gasteiger partial charge in [0.15, 0.2) is 5.69 Å². The molecule has 0 radical (unpaired) electrons. The molecule has 2 aromatic rings. The highest BCUT2D eigenvalue weighted by atomic mass is 79.9. The van der Waals surface area contributed by atoms with Gasteiger partial charge in [0.1, 0.15) is 10.0 Å². The number of carbonyl (C=O) groups excluding carboxylic acids is 1. The SMILES string of the molecule is COC(=O)c1nc(-c2ccc(Br)c(C(F)(F)F)c2)sc1N. The van der Waals surface area contributed by atoms with E-state index in [1.807, 2.05) is 0 Å². The van der Waals surface area contributed by atoms with Gasteiger partial charge in [-0.1, -0.05) is 33.3 Å². The highest BCUT2D eigenvalue weighted by Crippen LogP contribution is 2.39. The summed E-state index contributed by atoms with van der Waals surface area (Å²) < 4.78 is 43.0. The number of carbonyl (C=O) groups is 1. The number of esters is 1. The van der Waals surface area contributed by atoms with Crippen LogP contribution < -0.4 is 5.73 Å². The highest BCUT2D eigenvalue weighted by molar-refractivity contribution is 9.10. The summed E-state index contributed by atoms with van der Waals surface area (Å²) in [7, 11) is 1.17. The molecule has 112 valence electrons. The number of methoxy groups -OCH3 is 1. The summed E-state index contributed by atoms with van der Waals surface area (Å²) in [5.41, 5.74) is 4.92. The number of alkyl halides is 3. The number of nitrogens with zero attached hydrogens (tertiary/aromatic N) is 1. The maximum absolute atomic E-state index is 12.9. The Morgan fingerprint density at radius 2 is 2.10 bits per heavy atom. The molecule has 2 rings (SSSR count). The summed E-state index contributed by atoms with van der Waals surface area (Å²) in [4.78, 5) is 15.4. The Kier molecular flexibility index (Phi) is 4.24. The predicted octanol–water partition coefficient (Wildman–Crippen LogP) is 3.96. The Labute approximate surface area is 129 Å². The van der Waals surface area contributed by atoms with E-state index in [1.54, 1.807) is 0 Å². The largest absolute Gasteiger partial charge is 0.464 e. The van der Waals surface area contributed by atoms with Crippen LogP contribution >= 0.6 is 27.3 Å². The zero-order chi connectivity index (χ0) is 15.8. The quantitative estimate of drug-likeness (QED) is 0.800. The molecule has 0 bridgehead atoms. The maximum atomic E-state index is 12.9. The van der Waals surface area contributed by atoms with Crippen molar-refractivity contribution >= 4 is 38.2 Å². The summed E-state index contributed by atoms with van der Waals surface area (Å²) >= 11 is 3.78. The van der Waals surface area contributed by atoms with Gasteiger partial charge < -0.3 is 10.5 Å². The van der Waals surface area contributed by atoms with Crippen molar-refractivity contribution in [2.45, 2.75) is 6.18 Å². The van der Waals surface area contributed by atoms with E-state index < -0.39 is 17.7 Å². The number of hydrogen-bond donors (Lipinski definition) is 1. The molecule has 1 aromatic heterocycles. The topological polar surface area (TPSA) is 65.2 Å². The van der Waals surface area contributed by atoms with E-state index in [0.29, 0.717) is 0 Å². The molecule has 4 nitrogen and oxygen atoms in total.